The van der Waals surface area contributed by atoms with Gasteiger partial charge in [0.25, 0.3) is 0 Å². The van der Waals surface area contributed by atoms with Gasteiger partial charge in [-0.2, -0.15) is 26.3 Å². The molecule has 0 aliphatic rings. The van der Waals surface area contributed by atoms with E-state index in [1.54, 1.807) is 0 Å². The topological polar surface area (TPSA) is 41.1 Å². The molecule has 0 aromatic heterocycles. The van der Waals surface area contributed by atoms with E-state index in [9.17, 15) is 31.1 Å². The predicted octanol–water partition coefficient (Wildman–Crippen LogP) is 6.68. The molecule has 2 amide bonds. The normalized spacial score (nSPS) is 12.0. The van der Waals surface area contributed by atoms with Crippen LogP contribution in [0.1, 0.15) is 11.1 Å². The Bertz CT molecular complexity index is 768. The summed E-state index contributed by atoms with van der Waals surface area (Å²) in [7, 11) is 0. The van der Waals surface area contributed by atoms with Gasteiger partial charge in [-0.15, -0.1) is 0 Å². The van der Waals surface area contributed by atoms with Crippen molar-refractivity contribution in [2.75, 3.05) is 10.6 Å². The molecule has 3 nitrogen and oxygen atoms in total. The van der Waals surface area contributed by atoms with Crippen molar-refractivity contribution in [3.05, 3.63) is 57.6 Å². The lowest BCUT2D eigenvalue weighted by molar-refractivity contribution is -0.138. The van der Waals surface area contributed by atoms with Crippen LogP contribution < -0.4 is 10.6 Å². The summed E-state index contributed by atoms with van der Waals surface area (Å²) in [5.41, 5.74) is -2.25. The molecular weight excluding hydrogens is 409 g/mol. The molecule has 26 heavy (non-hydrogen) atoms. The van der Waals surface area contributed by atoms with E-state index in [-0.39, 0.29) is 21.4 Å². The summed E-state index contributed by atoms with van der Waals surface area (Å²) in [6.45, 7) is 0. The van der Waals surface area contributed by atoms with Crippen molar-refractivity contribution < 1.29 is 31.1 Å². The van der Waals surface area contributed by atoms with Crippen LogP contribution in [0.4, 0.5) is 42.5 Å². The van der Waals surface area contributed by atoms with Crippen molar-refractivity contribution in [3.63, 3.8) is 0 Å². The van der Waals surface area contributed by atoms with E-state index < -0.39 is 29.5 Å². The molecule has 0 bridgehead atoms. The monoisotopic (exact) mass is 416 g/mol. The van der Waals surface area contributed by atoms with Gasteiger partial charge in [-0.1, -0.05) is 23.2 Å². The van der Waals surface area contributed by atoms with Crippen molar-refractivity contribution in [1.82, 2.24) is 0 Å². The molecule has 0 atom stereocenters. The summed E-state index contributed by atoms with van der Waals surface area (Å²) in [4.78, 5) is 11.9. The first-order valence-corrected chi connectivity index (χ1v) is 7.45. The van der Waals surface area contributed by atoms with Gasteiger partial charge in [0.1, 0.15) is 0 Å². The second kappa shape index (κ2) is 7.24. The largest absolute Gasteiger partial charge is 0.416 e. The fourth-order valence-corrected chi connectivity index (χ4v) is 2.32. The Labute approximate surface area is 152 Å². The molecule has 0 heterocycles. The van der Waals surface area contributed by atoms with Gasteiger partial charge in [-0.25, -0.2) is 4.79 Å². The average Bonchev–Trinajstić information content (AvgIpc) is 2.49. The summed E-state index contributed by atoms with van der Waals surface area (Å²) in [5.74, 6) is 0. The maximum absolute atomic E-state index is 12.6. The summed E-state index contributed by atoms with van der Waals surface area (Å²) in [6, 6.07) is 3.62. The van der Waals surface area contributed by atoms with E-state index in [1.165, 1.54) is 0 Å². The minimum Gasteiger partial charge on any atom is -0.306 e. The summed E-state index contributed by atoms with van der Waals surface area (Å²) in [5, 5.41) is 3.62. The van der Waals surface area contributed by atoms with E-state index in [4.69, 9.17) is 23.2 Å². The van der Waals surface area contributed by atoms with Gasteiger partial charge >= 0.3 is 18.4 Å². The fourth-order valence-electron chi connectivity index (χ4n) is 1.86. The highest BCUT2D eigenvalue weighted by Crippen LogP contribution is 2.35. The highest BCUT2D eigenvalue weighted by atomic mass is 35.5. The predicted molar refractivity (Wildman–Crippen MR) is 85.5 cm³/mol. The second-order valence-electron chi connectivity index (χ2n) is 4.96. The molecule has 0 aliphatic carbocycles. The van der Waals surface area contributed by atoms with Crippen LogP contribution >= 0.6 is 23.2 Å². The third-order valence-corrected chi connectivity index (χ3v) is 3.71. The zero-order valence-corrected chi connectivity index (χ0v) is 13.9. The Kier molecular flexibility index (Phi) is 5.62. The van der Waals surface area contributed by atoms with Crippen LogP contribution in [0.2, 0.25) is 10.0 Å². The van der Waals surface area contributed by atoms with Crippen molar-refractivity contribution in [3.8, 4) is 0 Å². The average molecular weight is 417 g/mol. The molecular formula is C15H8Cl2F6N2O. The minimum atomic E-state index is -4.60. The molecule has 11 heteroatoms. The maximum atomic E-state index is 12.6. The molecule has 140 valence electrons. The quantitative estimate of drug-likeness (QED) is 0.527. The standard InChI is InChI=1S/C15H8Cl2F6N2O/c16-9-5-7(14(18,19)20)1-3-11(9)24-13(26)25-12-4-2-8(6-10(12)17)15(21,22)23/h1-6H,(H2,24,25,26). The minimum absolute atomic E-state index is 0.125. The first-order chi connectivity index (χ1) is 11.9. The van der Waals surface area contributed by atoms with Crippen molar-refractivity contribution in [2.45, 2.75) is 12.4 Å². The smallest absolute Gasteiger partial charge is 0.306 e. The molecule has 2 rings (SSSR count). The van der Waals surface area contributed by atoms with Gasteiger partial charge in [-0.05, 0) is 36.4 Å². The van der Waals surface area contributed by atoms with E-state index >= 15 is 0 Å². The molecule has 0 fully saturated rings. The maximum Gasteiger partial charge on any atom is 0.416 e. The van der Waals surface area contributed by atoms with Gasteiger partial charge in [0.05, 0.1) is 32.5 Å². The SMILES string of the molecule is O=C(Nc1ccc(C(F)(F)F)cc1Cl)Nc1ccc(C(F)(F)F)cc1Cl. The van der Waals surface area contributed by atoms with Crippen LogP contribution in [0.15, 0.2) is 36.4 Å². The number of amides is 2. The van der Waals surface area contributed by atoms with Crippen molar-refractivity contribution in [2.24, 2.45) is 0 Å². The Morgan fingerprint density at radius 1 is 0.731 bits per heavy atom. The number of nitrogens with one attached hydrogen (secondary N) is 2. The number of alkyl halides is 6. The lowest BCUT2D eigenvalue weighted by Crippen LogP contribution is -2.20. The number of rotatable bonds is 2. The van der Waals surface area contributed by atoms with Gasteiger partial charge in [0.2, 0.25) is 0 Å². The number of hydrogen-bond donors (Lipinski definition) is 2. The molecule has 0 unspecified atom stereocenters. The van der Waals surface area contributed by atoms with Gasteiger partial charge < -0.3 is 10.6 Å². The number of benzene rings is 2. The van der Waals surface area contributed by atoms with E-state index in [1.807, 2.05) is 0 Å². The molecule has 0 aliphatic heterocycles. The second-order valence-corrected chi connectivity index (χ2v) is 5.78. The lowest BCUT2D eigenvalue weighted by Gasteiger charge is -2.13. The third-order valence-electron chi connectivity index (χ3n) is 3.09. The zero-order chi connectivity index (χ0) is 19.7. The molecule has 2 aromatic carbocycles. The summed E-state index contributed by atoms with van der Waals surface area (Å²) in [6.07, 6.45) is -9.20. The Hall–Kier alpha value is -2.13. The number of carbonyl (C=O) groups excluding carboxylic acids is 1. The first-order valence-electron chi connectivity index (χ1n) is 6.69. The van der Waals surface area contributed by atoms with Crippen LogP contribution in [-0.4, -0.2) is 6.03 Å². The number of hydrogen-bond acceptors (Lipinski definition) is 1. The number of halogens is 8. The molecule has 0 radical (unpaired) electrons. The molecule has 2 aromatic rings. The first kappa shape index (κ1) is 20.2. The van der Waals surface area contributed by atoms with Crippen LogP contribution in [-0.2, 0) is 12.4 Å². The number of urea groups is 1. The number of carbonyl (C=O) groups is 1. The van der Waals surface area contributed by atoms with Crippen LogP contribution in [0, 0.1) is 0 Å². The third kappa shape index (κ3) is 4.95. The summed E-state index contributed by atoms with van der Waals surface area (Å²) >= 11 is 11.4. The molecule has 2 N–H and O–H groups in total. The van der Waals surface area contributed by atoms with Crippen LogP contribution in [0.25, 0.3) is 0 Å². The van der Waals surface area contributed by atoms with Crippen LogP contribution in [0.5, 0.6) is 0 Å². The van der Waals surface area contributed by atoms with Gasteiger partial charge in [-0.3, -0.25) is 0 Å². The lowest BCUT2D eigenvalue weighted by atomic mass is 10.2. The highest BCUT2D eigenvalue weighted by Gasteiger charge is 2.32. The van der Waals surface area contributed by atoms with E-state index in [0.717, 1.165) is 12.1 Å². The Balaban J connectivity index is 2.12. The zero-order valence-electron chi connectivity index (χ0n) is 12.4. The number of anilines is 2. The molecule has 0 saturated carbocycles. The van der Waals surface area contributed by atoms with Crippen molar-refractivity contribution >= 4 is 40.6 Å². The van der Waals surface area contributed by atoms with E-state index in [0.29, 0.717) is 24.3 Å². The highest BCUT2D eigenvalue weighted by molar-refractivity contribution is 6.34. The van der Waals surface area contributed by atoms with Crippen LogP contribution in [0.3, 0.4) is 0 Å². The Morgan fingerprint density at radius 3 is 1.35 bits per heavy atom. The summed E-state index contributed by atoms with van der Waals surface area (Å²) < 4.78 is 75.3. The Morgan fingerprint density at radius 2 is 1.08 bits per heavy atom. The van der Waals surface area contributed by atoms with Crippen molar-refractivity contribution in [1.29, 1.82) is 0 Å². The fraction of sp³-hybridized carbons (Fsp3) is 0.133. The molecule has 0 spiro atoms. The van der Waals surface area contributed by atoms with Gasteiger partial charge in [0.15, 0.2) is 0 Å². The molecule has 0 saturated heterocycles. The van der Waals surface area contributed by atoms with Gasteiger partial charge in [0, 0.05) is 0 Å². The van der Waals surface area contributed by atoms with E-state index in [2.05, 4.69) is 10.6 Å².